The van der Waals surface area contributed by atoms with Gasteiger partial charge in [-0.05, 0) is 29.8 Å². The fourth-order valence-electron chi connectivity index (χ4n) is 3.72. The Morgan fingerprint density at radius 1 is 0.938 bits per heavy atom. The van der Waals surface area contributed by atoms with E-state index in [0.717, 1.165) is 5.56 Å². The fraction of sp³-hybridized carbons (Fsp3) is 0.0400. The molecule has 1 unspecified atom stereocenters. The number of aliphatic hydroxyl groups excluding tert-OH is 1. The molecule has 0 bridgehead atoms. The van der Waals surface area contributed by atoms with Crippen LogP contribution in [0.5, 0.6) is 0 Å². The van der Waals surface area contributed by atoms with E-state index in [0.29, 0.717) is 5.69 Å². The maximum absolute atomic E-state index is 13.2. The van der Waals surface area contributed by atoms with Crippen LogP contribution in [0.15, 0.2) is 102 Å². The SMILES string of the molecule is O=C(C=Cc1ccccc1)C1=C(O)C(=O)N(c2ccccc2)C1c1ccccc1[N+](=O)[O-]. The zero-order valence-corrected chi connectivity index (χ0v) is 16.8. The van der Waals surface area contributed by atoms with Gasteiger partial charge in [0.1, 0.15) is 6.04 Å². The number of hydrogen-bond donors (Lipinski definition) is 1. The molecule has 3 aromatic rings. The predicted octanol–water partition coefficient (Wildman–Crippen LogP) is 4.78. The standard InChI is InChI=1S/C25H18N2O5/c28-21(16-15-17-9-3-1-4-10-17)22-23(19-13-7-8-14-20(19)27(31)32)26(25(30)24(22)29)18-11-5-2-6-12-18/h1-16,23,29H. The number of para-hydroxylation sites is 2. The van der Waals surface area contributed by atoms with E-state index < -0.39 is 28.4 Å². The van der Waals surface area contributed by atoms with Gasteiger partial charge in [0.25, 0.3) is 11.6 Å². The molecule has 0 saturated heterocycles. The van der Waals surface area contributed by atoms with Crippen molar-refractivity contribution in [3.8, 4) is 0 Å². The molecule has 0 fully saturated rings. The largest absolute Gasteiger partial charge is 0.503 e. The van der Waals surface area contributed by atoms with Crippen LogP contribution in [0.25, 0.3) is 6.08 Å². The molecule has 1 heterocycles. The van der Waals surface area contributed by atoms with Crippen LogP contribution >= 0.6 is 0 Å². The normalized spacial score (nSPS) is 16.1. The van der Waals surface area contributed by atoms with Gasteiger partial charge in [0.2, 0.25) is 0 Å². The number of hydrogen-bond acceptors (Lipinski definition) is 5. The van der Waals surface area contributed by atoms with E-state index in [-0.39, 0.29) is 16.8 Å². The van der Waals surface area contributed by atoms with Crippen molar-refractivity contribution < 1.29 is 19.6 Å². The first-order chi connectivity index (χ1) is 15.5. The molecule has 1 aliphatic rings. The molecule has 1 N–H and O–H groups in total. The second-order valence-electron chi connectivity index (χ2n) is 7.10. The van der Waals surface area contributed by atoms with E-state index in [2.05, 4.69) is 0 Å². The number of ketones is 1. The molecule has 0 saturated carbocycles. The van der Waals surface area contributed by atoms with Gasteiger partial charge in [0.15, 0.2) is 11.5 Å². The molecule has 4 rings (SSSR count). The van der Waals surface area contributed by atoms with Gasteiger partial charge in [-0.15, -0.1) is 0 Å². The molecule has 1 atom stereocenters. The molecule has 3 aromatic carbocycles. The van der Waals surface area contributed by atoms with Crippen LogP contribution in [0.2, 0.25) is 0 Å². The topological polar surface area (TPSA) is 101 Å². The van der Waals surface area contributed by atoms with Crippen LogP contribution in [-0.4, -0.2) is 21.7 Å². The van der Waals surface area contributed by atoms with Crippen molar-refractivity contribution in [3.05, 3.63) is 124 Å². The average molecular weight is 426 g/mol. The lowest BCUT2D eigenvalue weighted by Gasteiger charge is -2.26. The third-order valence-electron chi connectivity index (χ3n) is 5.16. The number of aliphatic hydroxyl groups is 1. The molecule has 7 nitrogen and oxygen atoms in total. The highest BCUT2D eigenvalue weighted by atomic mass is 16.6. The number of nitrogens with zero attached hydrogens (tertiary/aromatic N) is 2. The van der Waals surface area contributed by atoms with Crippen molar-refractivity contribution in [1.29, 1.82) is 0 Å². The first-order valence-electron chi connectivity index (χ1n) is 9.81. The number of carbonyl (C=O) groups is 2. The van der Waals surface area contributed by atoms with Crippen LogP contribution in [0.3, 0.4) is 0 Å². The second kappa shape index (κ2) is 8.69. The van der Waals surface area contributed by atoms with E-state index in [4.69, 9.17) is 0 Å². The lowest BCUT2D eigenvalue weighted by atomic mass is 9.94. The van der Waals surface area contributed by atoms with Crippen LogP contribution in [-0.2, 0) is 9.59 Å². The first-order valence-corrected chi connectivity index (χ1v) is 9.81. The fourth-order valence-corrected chi connectivity index (χ4v) is 3.72. The van der Waals surface area contributed by atoms with Gasteiger partial charge >= 0.3 is 0 Å². The quantitative estimate of drug-likeness (QED) is 0.347. The Hall–Kier alpha value is -4.52. The summed E-state index contributed by atoms with van der Waals surface area (Å²) in [6, 6.07) is 22.2. The van der Waals surface area contributed by atoms with Crippen LogP contribution in [0.4, 0.5) is 11.4 Å². The summed E-state index contributed by atoms with van der Waals surface area (Å²) in [6.07, 6.45) is 2.82. The molecular formula is C25H18N2O5. The van der Waals surface area contributed by atoms with E-state index >= 15 is 0 Å². The van der Waals surface area contributed by atoms with Crippen molar-refractivity contribution in [2.24, 2.45) is 0 Å². The molecule has 1 aliphatic heterocycles. The smallest absolute Gasteiger partial charge is 0.294 e. The summed E-state index contributed by atoms with van der Waals surface area (Å²) in [4.78, 5) is 38.5. The van der Waals surface area contributed by atoms with Crippen molar-refractivity contribution in [2.75, 3.05) is 4.90 Å². The van der Waals surface area contributed by atoms with Crippen LogP contribution in [0, 0.1) is 10.1 Å². The molecule has 0 spiro atoms. The molecular weight excluding hydrogens is 408 g/mol. The minimum atomic E-state index is -1.15. The maximum Gasteiger partial charge on any atom is 0.294 e. The van der Waals surface area contributed by atoms with Crippen molar-refractivity contribution in [2.45, 2.75) is 6.04 Å². The van der Waals surface area contributed by atoms with Gasteiger partial charge in [-0.1, -0.05) is 66.7 Å². The lowest BCUT2D eigenvalue weighted by molar-refractivity contribution is -0.385. The van der Waals surface area contributed by atoms with Crippen LogP contribution < -0.4 is 4.90 Å². The number of carbonyl (C=O) groups excluding carboxylic acids is 2. The number of allylic oxidation sites excluding steroid dienone is 1. The molecule has 0 radical (unpaired) electrons. The average Bonchev–Trinajstić information content (AvgIpc) is 3.09. The van der Waals surface area contributed by atoms with Crippen molar-refractivity contribution in [1.82, 2.24) is 0 Å². The van der Waals surface area contributed by atoms with Crippen molar-refractivity contribution >= 4 is 29.1 Å². The second-order valence-corrected chi connectivity index (χ2v) is 7.10. The molecule has 7 heteroatoms. The van der Waals surface area contributed by atoms with E-state index in [1.165, 1.54) is 29.2 Å². The number of nitro benzene ring substituents is 1. The summed E-state index contributed by atoms with van der Waals surface area (Å²) in [5, 5.41) is 22.4. The summed E-state index contributed by atoms with van der Waals surface area (Å²) >= 11 is 0. The minimum Gasteiger partial charge on any atom is -0.503 e. The van der Waals surface area contributed by atoms with Gasteiger partial charge in [-0.25, -0.2) is 0 Å². The van der Waals surface area contributed by atoms with E-state index in [1.54, 1.807) is 54.6 Å². The summed E-state index contributed by atoms with van der Waals surface area (Å²) in [6.45, 7) is 0. The molecule has 32 heavy (non-hydrogen) atoms. The highest BCUT2D eigenvalue weighted by Crippen LogP contribution is 2.43. The monoisotopic (exact) mass is 426 g/mol. The number of nitro groups is 1. The number of anilines is 1. The maximum atomic E-state index is 13.2. The van der Waals surface area contributed by atoms with Gasteiger partial charge in [0.05, 0.1) is 16.1 Å². The highest BCUT2D eigenvalue weighted by molar-refractivity contribution is 6.20. The summed E-state index contributed by atoms with van der Waals surface area (Å²) in [5.41, 5.74) is 0.836. The summed E-state index contributed by atoms with van der Waals surface area (Å²) in [5.74, 6) is -2.13. The van der Waals surface area contributed by atoms with E-state index in [9.17, 15) is 24.8 Å². The Kier molecular flexibility index (Phi) is 5.63. The Morgan fingerprint density at radius 2 is 1.53 bits per heavy atom. The Morgan fingerprint density at radius 3 is 2.19 bits per heavy atom. The molecule has 0 aliphatic carbocycles. The number of rotatable bonds is 6. The zero-order valence-electron chi connectivity index (χ0n) is 16.8. The number of amides is 1. The Bertz CT molecular complexity index is 1250. The third kappa shape index (κ3) is 3.79. The zero-order chi connectivity index (χ0) is 22.7. The Balaban J connectivity index is 1.85. The highest BCUT2D eigenvalue weighted by Gasteiger charge is 2.45. The molecule has 158 valence electrons. The first kappa shape index (κ1) is 20.7. The van der Waals surface area contributed by atoms with Gasteiger partial charge in [-0.2, -0.15) is 0 Å². The lowest BCUT2D eigenvalue weighted by Crippen LogP contribution is -2.31. The molecule has 0 aromatic heterocycles. The van der Waals surface area contributed by atoms with Crippen molar-refractivity contribution in [3.63, 3.8) is 0 Å². The van der Waals surface area contributed by atoms with Gasteiger partial charge < -0.3 is 5.11 Å². The van der Waals surface area contributed by atoms with Gasteiger partial charge in [0, 0.05) is 11.8 Å². The van der Waals surface area contributed by atoms with E-state index in [1.807, 2.05) is 18.2 Å². The third-order valence-corrected chi connectivity index (χ3v) is 5.16. The predicted molar refractivity (Wildman–Crippen MR) is 120 cm³/mol. The minimum absolute atomic E-state index is 0.134. The molecule has 1 amide bonds. The summed E-state index contributed by atoms with van der Waals surface area (Å²) in [7, 11) is 0. The van der Waals surface area contributed by atoms with Crippen LogP contribution in [0.1, 0.15) is 17.2 Å². The number of benzene rings is 3. The van der Waals surface area contributed by atoms with Gasteiger partial charge in [-0.3, -0.25) is 24.6 Å². The summed E-state index contributed by atoms with van der Waals surface area (Å²) < 4.78 is 0. The Labute approximate surface area is 183 Å².